The van der Waals surface area contributed by atoms with Crippen molar-refractivity contribution in [3.8, 4) is 5.75 Å². The number of ether oxygens (including phenoxy) is 2. The van der Waals surface area contributed by atoms with Crippen LogP contribution in [0.3, 0.4) is 0 Å². The first-order chi connectivity index (χ1) is 27.1. The predicted molar refractivity (Wildman–Crippen MR) is 223 cm³/mol. The summed E-state index contributed by atoms with van der Waals surface area (Å²) in [5, 5.41) is 30.0. The Kier molecular flexibility index (Phi) is 11.5. The van der Waals surface area contributed by atoms with Gasteiger partial charge in [-0.05, 0) is 116 Å². The second kappa shape index (κ2) is 16.5. The monoisotopic (exact) mass is 800 g/mol. The number of carbonyl (C=O) groups is 1. The van der Waals surface area contributed by atoms with Crippen LogP contribution in [0.2, 0.25) is 0 Å². The van der Waals surface area contributed by atoms with Crippen molar-refractivity contribution in [2.24, 2.45) is 5.84 Å². The third kappa shape index (κ3) is 7.85. The fraction of sp³-hybridized carbons (Fsp3) is 0.476. The molecule has 2 fully saturated rings. The number of aromatic hydroxyl groups is 1. The van der Waals surface area contributed by atoms with Crippen molar-refractivity contribution in [2.45, 2.75) is 81.6 Å². The summed E-state index contributed by atoms with van der Waals surface area (Å²) in [5.74, 6) is 7.05. The van der Waals surface area contributed by atoms with Crippen molar-refractivity contribution >= 4 is 51.3 Å². The first-order valence-electron chi connectivity index (χ1n) is 19.8. The smallest absolute Gasteiger partial charge is 0.349 e. The van der Waals surface area contributed by atoms with Crippen molar-refractivity contribution in [3.05, 3.63) is 96.3 Å². The molecule has 4 aromatic rings. The lowest BCUT2D eigenvalue weighted by Gasteiger charge is -2.38. The maximum absolute atomic E-state index is 13.5. The Labute approximate surface area is 335 Å². The van der Waals surface area contributed by atoms with Gasteiger partial charge in [0.15, 0.2) is 0 Å². The SMILES string of the molecule is Nc1cc(CNCCc2ccc(O)c3[nH]c(=O)ccc23)c2c(c1N(N)CCCN1CCC3(CC1)CC(OC(=O)C(O)(C1=CCCS1)c1cccs1)CO3)CCC2. The Morgan fingerprint density at radius 3 is 2.79 bits per heavy atom. The number of aliphatic hydroxyl groups is 1. The molecule has 4 aliphatic rings. The highest BCUT2D eigenvalue weighted by atomic mass is 32.2. The van der Waals surface area contributed by atoms with Gasteiger partial charge in [-0.2, -0.15) is 0 Å². The Balaban J connectivity index is 0.803. The Hall–Kier alpha value is -3.89. The van der Waals surface area contributed by atoms with E-state index >= 15 is 0 Å². The van der Waals surface area contributed by atoms with Gasteiger partial charge in [-0.25, -0.2) is 10.6 Å². The summed E-state index contributed by atoms with van der Waals surface area (Å²) >= 11 is 2.89. The quantitative estimate of drug-likeness (QED) is 0.0337. The van der Waals surface area contributed by atoms with E-state index in [1.807, 2.05) is 28.6 Å². The number of anilines is 2. The number of phenolic OH excluding ortho intramolecular Hbond substituents is 1. The molecular weight excluding hydrogens is 749 g/mol. The van der Waals surface area contributed by atoms with Crippen LogP contribution in [-0.2, 0) is 45.7 Å². The number of thiophene rings is 1. The number of allylic oxidation sites excluding steroid dienone is 1. The molecule has 0 radical (unpaired) electrons. The van der Waals surface area contributed by atoms with Crippen molar-refractivity contribution in [1.29, 1.82) is 0 Å². The molecule has 2 unspecified atom stereocenters. The molecule has 14 heteroatoms. The highest BCUT2D eigenvalue weighted by molar-refractivity contribution is 8.03. The van der Waals surface area contributed by atoms with E-state index in [1.54, 1.807) is 18.2 Å². The molecule has 0 saturated carbocycles. The van der Waals surface area contributed by atoms with Crippen molar-refractivity contribution in [2.75, 3.05) is 55.8 Å². The lowest BCUT2D eigenvalue weighted by molar-refractivity contribution is -0.167. The normalized spacial score (nSPS) is 20.3. The molecule has 5 heterocycles. The number of rotatable bonds is 14. The van der Waals surface area contributed by atoms with Gasteiger partial charge in [0.25, 0.3) is 0 Å². The number of nitrogens with two attached hydrogens (primary N) is 2. The van der Waals surface area contributed by atoms with Crippen LogP contribution < -0.4 is 27.5 Å². The second-order valence-electron chi connectivity index (χ2n) is 15.6. The molecule has 1 aliphatic carbocycles. The number of carbonyl (C=O) groups excluding carboxylic acids is 1. The standard InChI is InChI=1S/C42H52N6O6S2/c43-33-23-28(25-45-16-13-27-9-11-34(49)38-31(27)10-12-37(50)46-38)30-5-1-6-32(30)39(33)48(44)18-4-17-47-19-14-41(15-20-47)24-29(26-53-41)54-40(51)42(52,35-7-2-21-55-35)36-8-3-22-56-36/h2,7-12,21,23,29,45,49,52H,1,3-6,13-20,22,24-26,43-44H2,(H,46,50). The van der Waals surface area contributed by atoms with Crippen LogP contribution in [-0.4, -0.2) is 82.9 Å². The number of hydrazine groups is 1. The van der Waals surface area contributed by atoms with Crippen LogP contribution >= 0.6 is 23.1 Å². The molecule has 0 amide bonds. The van der Waals surface area contributed by atoms with Gasteiger partial charge in [-0.3, -0.25) is 4.79 Å². The van der Waals surface area contributed by atoms with Gasteiger partial charge < -0.3 is 45.6 Å². The zero-order chi connectivity index (χ0) is 38.9. The number of esters is 1. The van der Waals surface area contributed by atoms with Gasteiger partial charge in [-0.1, -0.05) is 18.2 Å². The third-order valence-electron chi connectivity index (χ3n) is 12.0. The van der Waals surface area contributed by atoms with Gasteiger partial charge in [-0.15, -0.1) is 23.1 Å². The zero-order valence-corrected chi connectivity index (χ0v) is 33.3. The molecule has 8 rings (SSSR count). The van der Waals surface area contributed by atoms with E-state index in [0.29, 0.717) is 47.1 Å². The molecule has 298 valence electrons. The van der Waals surface area contributed by atoms with Crippen LogP contribution in [0.1, 0.15) is 65.7 Å². The molecule has 0 bridgehead atoms. The number of aromatic amines is 1. The largest absolute Gasteiger partial charge is 0.506 e. The highest BCUT2D eigenvalue weighted by Crippen LogP contribution is 2.45. The average molecular weight is 801 g/mol. The fourth-order valence-electron chi connectivity index (χ4n) is 9.04. The Morgan fingerprint density at radius 1 is 1.16 bits per heavy atom. The van der Waals surface area contributed by atoms with E-state index in [4.69, 9.17) is 21.1 Å². The Morgan fingerprint density at radius 2 is 2.00 bits per heavy atom. The second-order valence-corrected chi connectivity index (χ2v) is 17.7. The molecular formula is C42H52N6O6S2. The number of fused-ring (bicyclic) bond motifs is 2. The summed E-state index contributed by atoms with van der Waals surface area (Å²) in [6, 6.07) is 12.5. The van der Waals surface area contributed by atoms with Crippen LogP contribution in [0.15, 0.2) is 63.6 Å². The predicted octanol–water partition coefficient (Wildman–Crippen LogP) is 4.84. The summed E-state index contributed by atoms with van der Waals surface area (Å²) in [5.41, 5.74) is 11.4. The molecule has 2 aromatic heterocycles. The number of H-pyrrole nitrogens is 1. The number of thioether (sulfide) groups is 1. The number of nitrogens with one attached hydrogen (secondary N) is 2. The van der Waals surface area contributed by atoms with Crippen LogP contribution in [0, 0.1) is 0 Å². The summed E-state index contributed by atoms with van der Waals surface area (Å²) in [4.78, 5) is 31.8. The van der Waals surface area contributed by atoms with E-state index in [1.165, 1.54) is 45.9 Å². The average Bonchev–Trinajstić information content (AvgIpc) is 4.04. The first kappa shape index (κ1) is 39.0. The zero-order valence-electron chi connectivity index (χ0n) is 31.7. The van der Waals surface area contributed by atoms with E-state index in [9.17, 15) is 19.8 Å². The molecule has 8 N–H and O–H groups in total. The summed E-state index contributed by atoms with van der Waals surface area (Å²) in [6.07, 6.45) is 9.47. The van der Waals surface area contributed by atoms with E-state index < -0.39 is 11.6 Å². The van der Waals surface area contributed by atoms with Gasteiger partial charge in [0.05, 0.1) is 34.0 Å². The lowest BCUT2D eigenvalue weighted by atomic mass is 9.88. The molecule has 3 aliphatic heterocycles. The minimum Gasteiger partial charge on any atom is -0.506 e. The number of hydrogen-bond acceptors (Lipinski definition) is 13. The van der Waals surface area contributed by atoms with Crippen molar-refractivity contribution < 1.29 is 24.5 Å². The lowest BCUT2D eigenvalue weighted by Crippen LogP contribution is -2.45. The summed E-state index contributed by atoms with van der Waals surface area (Å²) < 4.78 is 12.3. The number of aromatic nitrogens is 1. The van der Waals surface area contributed by atoms with E-state index in [2.05, 4.69) is 21.3 Å². The number of piperidine rings is 1. The fourth-order valence-corrected chi connectivity index (χ4v) is 11.0. The van der Waals surface area contributed by atoms with E-state index in [0.717, 1.165) is 99.9 Å². The summed E-state index contributed by atoms with van der Waals surface area (Å²) in [7, 11) is 0. The molecule has 56 heavy (non-hydrogen) atoms. The van der Waals surface area contributed by atoms with Gasteiger partial charge in [0.1, 0.15) is 11.9 Å². The third-order valence-corrected chi connectivity index (χ3v) is 14.1. The molecule has 2 saturated heterocycles. The number of nitrogen functional groups attached to an aromatic ring is 1. The molecule has 1 spiro atoms. The van der Waals surface area contributed by atoms with Gasteiger partial charge in [0, 0.05) is 54.7 Å². The first-order valence-corrected chi connectivity index (χ1v) is 21.7. The molecule has 12 nitrogen and oxygen atoms in total. The topological polar surface area (TPSA) is 179 Å². The van der Waals surface area contributed by atoms with Crippen molar-refractivity contribution in [3.63, 3.8) is 0 Å². The maximum Gasteiger partial charge on any atom is 0.349 e. The molecule has 2 aromatic carbocycles. The van der Waals surface area contributed by atoms with Crippen LogP contribution in [0.5, 0.6) is 5.75 Å². The van der Waals surface area contributed by atoms with Crippen LogP contribution in [0.4, 0.5) is 11.4 Å². The Bertz CT molecular complexity index is 2150. The minimum atomic E-state index is -1.76. The van der Waals surface area contributed by atoms with Gasteiger partial charge >= 0.3 is 5.97 Å². The number of phenols is 1. The molecule has 2 atom stereocenters. The number of nitrogens with zero attached hydrogens (tertiary/aromatic N) is 2. The minimum absolute atomic E-state index is 0.0718. The number of benzene rings is 2. The van der Waals surface area contributed by atoms with Crippen molar-refractivity contribution in [1.82, 2.24) is 15.2 Å². The number of pyridine rings is 1. The number of likely N-dealkylation sites (tertiary alicyclic amines) is 1. The maximum atomic E-state index is 13.5. The summed E-state index contributed by atoms with van der Waals surface area (Å²) in [6.45, 7) is 5.18. The van der Waals surface area contributed by atoms with E-state index in [-0.39, 0.29) is 23.0 Å². The number of hydrogen-bond donors (Lipinski definition) is 6. The van der Waals surface area contributed by atoms with Gasteiger partial charge in [0.2, 0.25) is 11.2 Å². The highest BCUT2D eigenvalue weighted by Gasteiger charge is 2.49. The van der Waals surface area contributed by atoms with Crippen LogP contribution in [0.25, 0.3) is 10.9 Å².